The highest BCUT2D eigenvalue weighted by atomic mass is 32.3. The number of aromatic carboxylic acids is 1. The van der Waals surface area contributed by atoms with Gasteiger partial charge < -0.3 is 29.8 Å². The van der Waals surface area contributed by atoms with Crippen molar-refractivity contribution in [3.63, 3.8) is 0 Å². The van der Waals surface area contributed by atoms with E-state index in [1.807, 2.05) is 18.2 Å². The molecule has 0 fully saturated rings. The molecule has 0 saturated heterocycles. The number of carboxylic acids is 1. The van der Waals surface area contributed by atoms with Crippen molar-refractivity contribution in [2.75, 3.05) is 27.1 Å². The molecule has 0 spiro atoms. The SMILES string of the molecule is COc1cc(-c2c(C(=O)O)n(-c3ccc(N)cc3)c(=O)c3cc(OCc4ccccn4)cc(C)c23)cc(OC)c1OC.O=S(=O)(O)O. The number of ether oxygens (including phenoxy) is 4. The molecule has 0 radical (unpaired) electrons. The van der Waals surface area contributed by atoms with Crippen molar-refractivity contribution >= 4 is 32.8 Å². The van der Waals surface area contributed by atoms with E-state index in [0.717, 1.165) is 0 Å². The summed E-state index contributed by atoms with van der Waals surface area (Å²) in [6, 6.07) is 18.6. The number of nitrogens with two attached hydrogens (primary N) is 1. The number of aromatic nitrogens is 2. The van der Waals surface area contributed by atoms with E-state index in [9.17, 15) is 14.7 Å². The first-order valence-electron chi connectivity index (χ1n) is 13.6. The lowest BCUT2D eigenvalue weighted by molar-refractivity contribution is 0.0688. The Balaban J connectivity index is 0.000000930. The highest BCUT2D eigenvalue weighted by molar-refractivity contribution is 7.79. The average Bonchev–Trinajstić information content (AvgIpc) is 3.03. The molecule has 0 unspecified atom stereocenters. The molecule has 0 bridgehead atoms. The van der Waals surface area contributed by atoms with Gasteiger partial charge in [0.2, 0.25) is 5.75 Å². The van der Waals surface area contributed by atoms with Crippen LogP contribution in [0, 0.1) is 6.92 Å². The number of pyridine rings is 2. The van der Waals surface area contributed by atoms with Crippen molar-refractivity contribution in [2.24, 2.45) is 0 Å². The summed E-state index contributed by atoms with van der Waals surface area (Å²) in [6.07, 6.45) is 1.67. The van der Waals surface area contributed by atoms with Gasteiger partial charge in [0, 0.05) is 28.5 Å². The van der Waals surface area contributed by atoms with Crippen LogP contribution in [0.1, 0.15) is 21.7 Å². The topological polar surface area (TPSA) is 210 Å². The number of nitrogens with zero attached hydrogens (tertiary/aromatic N) is 2. The fourth-order valence-electron chi connectivity index (χ4n) is 5.01. The first-order valence-corrected chi connectivity index (χ1v) is 15.0. The molecule has 47 heavy (non-hydrogen) atoms. The molecular formula is C32H31N3O11S. The van der Waals surface area contributed by atoms with Crippen LogP contribution in [0.5, 0.6) is 23.0 Å². The predicted molar refractivity (Wildman–Crippen MR) is 173 cm³/mol. The molecule has 0 saturated carbocycles. The molecule has 2 heterocycles. The van der Waals surface area contributed by atoms with Crippen LogP contribution in [0.4, 0.5) is 5.69 Å². The van der Waals surface area contributed by atoms with Crippen LogP contribution >= 0.6 is 0 Å². The highest BCUT2D eigenvalue weighted by Gasteiger charge is 2.27. The predicted octanol–water partition coefficient (Wildman–Crippen LogP) is 4.59. The summed E-state index contributed by atoms with van der Waals surface area (Å²) >= 11 is 0. The first kappa shape index (κ1) is 34.2. The Kier molecular flexibility index (Phi) is 10.3. The third kappa shape index (κ3) is 7.78. The third-order valence-electron chi connectivity index (χ3n) is 6.87. The lowest BCUT2D eigenvalue weighted by Crippen LogP contribution is -2.26. The number of carbonyl (C=O) groups is 1. The molecule has 5 N–H and O–H groups in total. The number of nitrogen functional groups attached to an aromatic ring is 1. The normalized spacial score (nSPS) is 10.9. The van der Waals surface area contributed by atoms with Crippen LogP contribution in [-0.2, 0) is 17.0 Å². The lowest BCUT2D eigenvalue weighted by Gasteiger charge is -2.21. The summed E-state index contributed by atoms with van der Waals surface area (Å²) in [5, 5.41) is 11.3. The minimum Gasteiger partial charge on any atom is -0.493 e. The number of benzene rings is 3. The largest absolute Gasteiger partial charge is 0.493 e. The summed E-state index contributed by atoms with van der Waals surface area (Å²) in [6.45, 7) is 1.99. The maximum Gasteiger partial charge on any atom is 0.394 e. The van der Waals surface area contributed by atoms with Gasteiger partial charge >= 0.3 is 16.4 Å². The zero-order valence-corrected chi connectivity index (χ0v) is 26.4. The van der Waals surface area contributed by atoms with E-state index in [1.165, 1.54) is 25.9 Å². The smallest absolute Gasteiger partial charge is 0.394 e. The summed E-state index contributed by atoms with van der Waals surface area (Å²) < 4.78 is 55.4. The van der Waals surface area contributed by atoms with E-state index in [1.54, 1.807) is 61.7 Å². The number of fused-ring (bicyclic) bond motifs is 1. The second-order valence-corrected chi connectivity index (χ2v) is 10.8. The molecule has 15 heteroatoms. The Morgan fingerprint density at radius 2 is 1.55 bits per heavy atom. The van der Waals surface area contributed by atoms with E-state index in [2.05, 4.69) is 4.98 Å². The second kappa shape index (κ2) is 14.2. The summed E-state index contributed by atoms with van der Waals surface area (Å²) in [5.41, 5.74) is 8.02. The Morgan fingerprint density at radius 1 is 0.936 bits per heavy atom. The fraction of sp³-hybridized carbons (Fsp3) is 0.156. The zero-order valence-electron chi connectivity index (χ0n) is 25.6. The number of hydrogen-bond acceptors (Lipinski definition) is 10. The lowest BCUT2D eigenvalue weighted by atomic mass is 9.92. The fourth-order valence-corrected chi connectivity index (χ4v) is 5.01. The number of hydrogen-bond donors (Lipinski definition) is 4. The molecule has 246 valence electrons. The molecule has 0 amide bonds. The zero-order chi connectivity index (χ0) is 34.5. The van der Waals surface area contributed by atoms with Crippen molar-refractivity contribution < 1.29 is 46.4 Å². The number of anilines is 1. The molecule has 5 rings (SSSR count). The monoisotopic (exact) mass is 665 g/mol. The number of carboxylic acid groups (broad SMARTS) is 1. The molecular weight excluding hydrogens is 634 g/mol. The van der Waals surface area contributed by atoms with E-state index in [4.69, 9.17) is 42.2 Å². The van der Waals surface area contributed by atoms with Crippen molar-refractivity contribution in [2.45, 2.75) is 13.5 Å². The van der Waals surface area contributed by atoms with Gasteiger partial charge in [-0.1, -0.05) is 6.07 Å². The summed E-state index contributed by atoms with van der Waals surface area (Å²) in [7, 11) is -0.234. The van der Waals surface area contributed by atoms with Gasteiger partial charge in [-0.15, -0.1) is 0 Å². The van der Waals surface area contributed by atoms with Crippen LogP contribution in [0.25, 0.3) is 27.6 Å². The van der Waals surface area contributed by atoms with Gasteiger partial charge in [0.25, 0.3) is 5.56 Å². The number of aryl methyl sites for hydroxylation is 1. The molecule has 2 aromatic heterocycles. The summed E-state index contributed by atoms with van der Waals surface area (Å²) in [5.74, 6) is 0.137. The van der Waals surface area contributed by atoms with Crippen LogP contribution in [0.3, 0.4) is 0 Å². The number of methoxy groups -OCH3 is 3. The number of rotatable bonds is 9. The molecule has 14 nitrogen and oxygen atoms in total. The minimum absolute atomic E-state index is 0.185. The van der Waals surface area contributed by atoms with Crippen LogP contribution in [0.2, 0.25) is 0 Å². The molecule has 0 atom stereocenters. The van der Waals surface area contributed by atoms with Crippen molar-refractivity contribution in [1.82, 2.24) is 9.55 Å². The molecule has 5 aromatic rings. The van der Waals surface area contributed by atoms with Gasteiger partial charge in [0.1, 0.15) is 18.1 Å². The molecule has 0 aliphatic heterocycles. The van der Waals surface area contributed by atoms with Crippen LogP contribution in [-0.4, -0.2) is 59.5 Å². The van der Waals surface area contributed by atoms with Gasteiger partial charge in [-0.05, 0) is 78.7 Å². The summed E-state index contributed by atoms with van der Waals surface area (Å²) in [4.78, 5) is 31.5. The van der Waals surface area contributed by atoms with Gasteiger partial charge in [-0.3, -0.25) is 23.5 Å². The van der Waals surface area contributed by atoms with Crippen molar-refractivity contribution in [3.8, 4) is 39.8 Å². The van der Waals surface area contributed by atoms with Crippen molar-refractivity contribution in [1.29, 1.82) is 0 Å². The van der Waals surface area contributed by atoms with Crippen LogP contribution < -0.4 is 30.2 Å². The molecule has 0 aliphatic rings. The van der Waals surface area contributed by atoms with Crippen molar-refractivity contribution in [3.05, 3.63) is 100 Å². The van der Waals surface area contributed by atoms with Gasteiger partial charge in [0.05, 0.1) is 32.4 Å². The van der Waals surface area contributed by atoms with E-state index >= 15 is 0 Å². The second-order valence-electron chi connectivity index (χ2n) is 9.90. The average molecular weight is 666 g/mol. The maximum atomic E-state index is 14.2. The minimum atomic E-state index is -4.67. The third-order valence-corrected chi connectivity index (χ3v) is 6.87. The maximum absolute atomic E-state index is 14.2. The van der Waals surface area contributed by atoms with Crippen LogP contribution in [0.15, 0.2) is 77.7 Å². The Labute approximate surface area is 269 Å². The standard InChI is InChI=1S/C32H29N3O7.H2O4S/c1-18-13-23(42-17-21-7-5-6-12-34-21)16-24-27(18)28(19-14-25(39-2)30(41-4)26(15-19)40-3)29(32(37)38)35(31(24)36)22-10-8-20(33)9-11-22;1-5(2,3)4/h5-16H,17,33H2,1-4H3,(H,37,38);(H2,1,2,3,4). The van der Waals surface area contributed by atoms with E-state index in [0.29, 0.717) is 62.1 Å². The Bertz CT molecular complexity index is 2070. The first-order chi connectivity index (χ1) is 22.3. The van der Waals surface area contributed by atoms with Gasteiger partial charge in [-0.2, -0.15) is 8.42 Å². The van der Waals surface area contributed by atoms with E-state index in [-0.39, 0.29) is 17.7 Å². The highest BCUT2D eigenvalue weighted by Crippen LogP contribution is 2.44. The Morgan fingerprint density at radius 3 is 2.06 bits per heavy atom. The van der Waals surface area contributed by atoms with Gasteiger partial charge in [-0.25, -0.2) is 4.79 Å². The van der Waals surface area contributed by atoms with E-state index < -0.39 is 21.9 Å². The Hall–Kier alpha value is -5.64. The van der Waals surface area contributed by atoms with Gasteiger partial charge in [0.15, 0.2) is 11.5 Å². The molecule has 0 aliphatic carbocycles. The molecule has 3 aromatic carbocycles. The quantitative estimate of drug-likeness (QED) is 0.126.